The molecular weight excluding hydrogens is 703 g/mol. The molecule has 314 valence electrons. The molecule has 0 amide bonds. The first-order valence-corrected chi connectivity index (χ1v) is 22.1. The van der Waals surface area contributed by atoms with E-state index in [0.29, 0.717) is 55.0 Å². The van der Waals surface area contributed by atoms with E-state index < -0.39 is 10.8 Å². The Kier molecular flexibility index (Phi) is 14.4. The summed E-state index contributed by atoms with van der Waals surface area (Å²) < 4.78 is 18.2. The van der Waals surface area contributed by atoms with Gasteiger partial charge in [0.1, 0.15) is 0 Å². The van der Waals surface area contributed by atoms with Gasteiger partial charge in [-0.3, -0.25) is 19.1 Å². The number of carbonyl (C=O) groups excluding carboxylic acids is 3. The van der Waals surface area contributed by atoms with Crippen molar-refractivity contribution in [2.24, 2.45) is 57.2 Å². The molecule has 0 bridgehead atoms. The standard InChI is InChI=1S/C47H75N3O6/c1-32(13-18-37-34(3)15-20-39-44(37,5)25-11-27-46(39,7)42(52)54-9)23-29-50-31-36(48-49-50)17-22-41(51)56-30-24-33(2)14-19-38-35(4)16-21-40-45(38,6)26-12-28-47(40,8)43(53)55-10/h31-33,37-40H,3-4,11-30H2,1-2,5-10H3/t32-,33-,37+,38+,39?,40?,44-,45-,46+,47+/m1/s1. The number of carbonyl (C=O) groups is 3. The van der Waals surface area contributed by atoms with Gasteiger partial charge in [-0.1, -0.05) is 76.5 Å². The van der Waals surface area contributed by atoms with Crippen molar-refractivity contribution in [1.82, 2.24) is 15.0 Å². The summed E-state index contributed by atoms with van der Waals surface area (Å²) in [5.74, 6) is 2.12. The Bertz CT molecular complexity index is 1570. The Hall–Kier alpha value is -2.97. The summed E-state index contributed by atoms with van der Waals surface area (Å²) in [6.45, 7) is 23.9. The number of methoxy groups -OCH3 is 2. The molecule has 1 aromatic rings. The first-order chi connectivity index (χ1) is 26.5. The second-order valence-electron chi connectivity index (χ2n) is 19.8. The fourth-order valence-corrected chi connectivity index (χ4v) is 12.7. The maximum absolute atomic E-state index is 12.9. The molecule has 2 unspecified atom stereocenters. The minimum absolute atomic E-state index is 0.0461. The van der Waals surface area contributed by atoms with Crippen molar-refractivity contribution in [1.29, 1.82) is 0 Å². The van der Waals surface area contributed by atoms with Crippen LogP contribution in [0.15, 0.2) is 30.5 Å². The van der Waals surface area contributed by atoms with Crippen LogP contribution in [-0.4, -0.2) is 53.7 Å². The summed E-state index contributed by atoms with van der Waals surface area (Å²) >= 11 is 0. The van der Waals surface area contributed by atoms with E-state index in [1.54, 1.807) is 0 Å². The van der Waals surface area contributed by atoms with Crippen LogP contribution >= 0.6 is 0 Å². The van der Waals surface area contributed by atoms with Crippen molar-refractivity contribution >= 4 is 17.9 Å². The maximum atomic E-state index is 12.9. The molecule has 56 heavy (non-hydrogen) atoms. The Balaban J connectivity index is 0.998. The van der Waals surface area contributed by atoms with Gasteiger partial charge in [0, 0.05) is 19.2 Å². The zero-order valence-corrected chi connectivity index (χ0v) is 36.4. The quantitative estimate of drug-likeness (QED) is 0.0874. The van der Waals surface area contributed by atoms with Crippen molar-refractivity contribution in [2.75, 3.05) is 20.8 Å². The first-order valence-electron chi connectivity index (χ1n) is 22.1. The van der Waals surface area contributed by atoms with Crippen molar-refractivity contribution in [3.8, 4) is 0 Å². The van der Waals surface area contributed by atoms with Crippen molar-refractivity contribution in [3.63, 3.8) is 0 Å². The monoisotopic (exact) mass is 778 g/mol. The normalized spacial score (nSPS) is 34.1. The molecule has 1 aromatic heterocycles. The number of nitrogens with zero attached hydrogens (tertiary/aromatic N) is 3. The van der Waals surface area contributed by atoms with Crippen molar-refractivity contribution < 1.29 is 28.6 Å². The van der Waals surface area contributed by atoms with Gasteiger partial charge in [-0.2, -0.15) is 0 Å². The van der Waals surface area contributed by atoms with E-state index in [1.807, 2.05) is 10.9 Å². The number of aryl methyl sites for hydroxylation is 2. The number of rotatable bonds is 17. The van der Waals surface area contributed by atoms with Crippen LogP contribution in [0.5, 0.6) is 0 Å². The van der Waals surface area contributed by atoms with Gasteiger partial charge in [0.05, 0.1) is 43.8 Å². The largest absolute Gasteiger partial charge is 0.469 e. The molecule has 0 radical (unpaired) electrons. The van der Waals surface area contributed by atoms with Crippen LogP contribution in [-0.2, 0) is 41.6 Å². The van der Waals surface area contributed by atoms with Gasteiger partial charge in [0.25, 0.3) is 0 Å². The van der Waals surface area contributed by atoms with E-state index in [-0.39, 0.29) is 28.7 Å². The number of ether oxygens (including phenoxy) is 3. The molecule has 5 rings (SSSR count). The number of aromatic nitrogens is 3. The molecule has 4 saturated carbocycles. The Labute approximate surface area is 338 Å². The maximum Gasteiger partial charge on any atom is 0.311 e. The molecule has 4 aliphatic rings. The highest BCUT2D eigenvalue weighted by atomic mass is 16.5. The SMILES string of the molecule is C=C1CCC2[C@](C)(CCC[C@]2(C)C(=O)OC)[C@H]1CC[C@@H](C)CCn1cc(CCC(=O)OCC[C@H](C)CC[C@H]2C(=C)CCC3[C@]2(C)CCC[C@]3(C)C(=O)OC)nn1. The van der Waals surface area contributed by atoms with E-state index in [0.717, 1.165) is 115 Å². The van der Waals surface area contributed by atoms with Crippen LogP contribution in [0.1, 0.15) is 156 Å². The van der Waals surface area contributed by atoms with E-state index in [2.05, 4.69) is 65.0 Å². The van der Waals surface area contributed by atoms with Gasteiger partial charge in [-0.15, -0.1) is 5.10 Å². The fraction of sp³-hybridized carbons (Fsp3) is 0.809. The third kappa shape index (κ3) is 9.17. The van der Waals surface area contributed by atoms with Gasteiger partial charge in [0.15, 0.2) is 0 Å². The third-order valence-electron chi connectivity index (χ3n) is 16.1. The molecule has 10 atom stereocenters. The molecule has 1 heterocycles. The van der Waals surface area contributed by atoms with Crippen LogP contribution in [0.2, 0.25) is 0 Å². The number of fused-ring (bicyclic) bond motifs is 2. The summed E-state index contributed by atoms with van der Waals surface area (Å²) in [5, 5.41) is 8.71. The van der Waals surface area contributed by atoms with Crippen LogP contribution in [0, 0.1) is 57.2 Å². The molecule has 0 aliphatic heterocycles. The Morgan fingerprint density at radius 2 is 1.29 bits per heavy atom. The van der Waals surface area contributed by atoms with Crippen LogP contribution in [0.4, 0.5) is 0 Å². The summed E-state index contributed by atoms with van der Waals surface area (Å²) in [6.07, 6.45) is 19.2. The highest BCUT2D eigenvalue weighted by molar-refractivity contribution is 5.77. The van der Waals surface area contributed by atoms with E-state index >= 15 is 0 Å². The van der Waals surface area contributed by atoms with E-state index in [9.17, 15) is 14.4 Å². The first kappa shape index (κ1) is 44.1. The van der Waals surface area contributed by atoms with Gasteiger partial charge in [-0.25, -0.2) is 0 Å². The fourth-order valence-electron chi connectivity index (χ4n) is 12.7. The van der Waals surface area contributed by atoms with Crippen LogP contribution in [0.3, 0.4) is 0 Å². The third-order valence-corrected chi connectivity index (χ3v) is 16.1. The molecule has 0 spiro atoms. The van der Waals surface area contributed by atoms with Crippen LogP contribution < -0.4 is 0 Å². The highest BCUT2D eigenvalue weighted by Crippen LogP contribution is 2.63. The number of allylic oxidation sites excluding steroid dienone is 2. The van der Waals surface area contributed by atoms with E-state index in [4.69, 9.17) is 14.2 Å². The average Bonchev–Trinajstić information content (AvgIpc) is 3.62. The van der Waals surface area contributed by atoms with Gasteiger partial charge >= 0.3 is 17.9 Å². The van der Waals surface area contributed by atoms with Gasteiger partial charge in [-0.05, 0) is 144 Å². The second-order valence-corrected chi connectivity index (χ2v) is 19.8. The molecule has 0 saturated heterocycles. The highest BCUT2D eigenvalue weighted by Gasteiger charge is 2.59. The lowest BCUT2D eigenvalue weighted by molar-refractivity contribution is -0.168. The van der Waals surface area contributed by atoms with Gasteiger partial charge in [0.2, 0.25) is 0 Å². The minimum atomic E-state index is -0.420. The van der Waals surface area contributed by atoms with E-state index in [1.165, 1.54) is 25.4 Å². The number of hydrogen-bond donors (Lipinski definition) is 0. The summed E-state index contributed by atoms with van der Waals surface area (Å²) in [4.78, 5) is 38.5. The average molecular weight is 778 g/mol. The molecule has 0 N–H and O–H groups in total. The summed E-state index contributed by atoms with van der Waals surface area (Å²) in [5.41, 5.74) is 2.82. The van der Waals surface area contributed by atoms with Crippen molar-refractivity contribution in [2.45, 2.75) is 164 Å². The molecule has 9 heteroatoms. The molecule has 4 fully saturated rings. The smallest absolute Gasteiger partial charge is 0.311 e. The van der Waals surface area contributed by atoms with Gasteiger partial charge < -0.3 is 14.2 Å². The van der Waals surface area contributed by atoms with Crippen molar-refractivity contribution in [3.05, 3.63) is 36.2 Å². The zero-order valence-electron chi connectivity index (χ0n) is 36.4. The number of esters is 3. The lowest BCUT2D eigenvalue weighted by Gasteiger charge is -2.57. The second kappa shape index (κ2) is 18.3. The molecule has 9 nitrogen and oxygen atoms in total. The Morgan fingerprint density at radius 1 is 0.786 bits per heavy atom. The molecule has 0 aromatic carbocycles. The summed E-state index contributed by atoms with van der Waals surface area (Å²) in [6, 6.07) is 0. The minimum Gasteiger partial charge on any atom is -0.469 e. The lowest BCUT2D eigenvalue weighted by Crippen LogP contribution is -2.53. The lowest BCUT2D eigenvalue weighted by atomic mass is 9.46. The Morgan fingerprint density at radius 3 is 1.79 bits per heavy atom. The predicted molar refractivity (Wildman–Crippen MR) is 220 cm³/mol. The molecule has 4 aliphatic carbocycles. The predicted octanol–water partition coefficient (Wildman–Crippen LogP) is 10.3. The zero-order chi connectivity index (χ0) is 40.9. The topological polar surface area (TPSA) is 110 Å². The van der Waals surface area contributed by atoms with Crippen LogP contribution in [0.25, 0.3) is 0 Å². The number of hydrogen-bond acceptors (Lipinski definition) is 8. The summed E-state index contributed by atoms with van der Waals surface area (Å²) in [7, 11) is 3.05. The molecular formula is C47H75N3O6.